The first-order valence-corrected chi connectivity index (χ1v) is 11.5. The lowest BCUT2D eigenvalue weighted by molar-refractivity contribution is -0.143. The summed E-state index contributed by atoms with van der Waals surface area (Å²) in [6.45, 7) is 12.4. The number of nitrogens with zero attached hydrogens (tertiary/aromatic N) is 2. The van der Waals surface area contributed by atoms with Crippen LogP contribution in [0.5, 0.6) is 0 Å². The van der Waals surface area contributed by atoms with Gasteiger partial charge in [0.25, 0.3) is 0 Å². The summed E-state index contributed by atoms with van der Waals surface area (Å²) in [5.41, 5.74) is 2.09. The lowest BCUT2D eigenvalue weighted by Crippen LogP contribution is -2.46. The van der Waals surface area contributed by atoms with Crippen molar-refractivity contribution in [3.05, 3.63) is 23.8 Å². The van der Waals surface area contributed by atoms with Crippen molar-refractivity contribution in [1.82, 2.24) is 10.2 Å². The summed E-state index contributed by atoms with van der Waals surface area (Å²) in [5, 5.41) is 5.88. The first kappa shape index (κ1) is 25.0. The van der Waals surface area contributed by atoms with Gasteiger partial charge in [-0.3, -0.25) is 4.79 Å². The van der Waals surface area contributed by atoms with Gasteiger partial charge in [-0.05, 0) is 57.4 Å². The van der Waals surface area contributed by atoms with Crippen LogP contribution in [0.25, 0.3) is 0 Å². The van der Waals surface area contributed by atoms with Crippen molar-refractivity contribution < 1.29 is 9.59 Å². The number of carbonyl (C=O) groups is 2. The van der Waals surface area contributed by atoms with Gasteiger partial charge in [0.05, 0.1) is 0 Å². The standard InChI is InChI=1S/C25H42N4O2/c1-24(2,3)22(30)29(20-12-10-9-11-13-20)17-18-16-19(14-15-21(18)28(7)8)26-23(31)27-25(4,5)6/h14-16,20H,9-13,17H2,1-8H3,(H2,26,27,31). The topological polar surface area (TPSA) is 64.7 Å². The Hall–Kier alpha value is -2.24. The van der Waals surface area contributed by atoms with Gasteiger partial charge in [-0.2, -0.15) is 0 Å². The predicted molar refractivity (Wildman–Crippen MR) is 130 cm³/mol. The number of urea groups is 1. The lowest BCUT2D eigenvalue weighted by Gasteiger charge is -2.39. The van der Waals surface area contributed by atoms with E-state index in [1.165, 1.54) is 19.3 Å². The van der Waals surface area contributed by atoms with Crippen LogP contribution >= 0.6 is 0 Å². The normalized spacial score (nSPS) is 15.4. The molecule has 1 saturated carbocycles. The SMILES string of the molecule is CN(C)c1ccc(NC(=O)NC(C)(C)C)cc1CN(C(=O)C(C)(C)C)C1CCCCC1. The van der Waals surface area contributed by atoms with Gasteiger partial charge in [0.2, 0.25) is 5.91 Å². The molecule has 174 valence electrons. The van der Waals surface area contributed by atoms with Crippen LogP contribution < -0.4 is 15.5 Å². The molecule has 31 heavy (non-hydrogen) atoms. The Morgan fingerprint density at radius 1 is 1.00 bits per heavy atom. The van der Waals surface area contributed by atoms with Crippen molar-refractivity contribution in [2.45, 2.75) is 91.8 Å². The molecule has 1 fully saturated rings. The highest BCUT2D eigenvalue weighted by Gasteiger charge is 2.33. The monoisotopic (exact) mass is 430 g/mol. The fourth-order valence-electron chi connectivity index (χ4n) is 4.10. The van der Waals surface area contributed by atoms with Crippen LogP contribution in [0, 0.1) is 5.41 Å². The second-order valence-electron chi connectivity index (χ2n) is 11.0. The molecule has 0 bridgehead atoms. The summed E-state index contributed by atoms with van der Waals surface area (Å²) < 4.78 is 0. The third kappa shape index (κ3) is 7.44. The maximum Gasteiger partial charge on any atom is 0.319 e. The van der Waals surface area contributed by atoms with E-state index in [0.717, 1.165) is 29.8 Å². The summed E-state index contributed by atoms with van der Waals surface area (Å²) in [7, 11) is 4.02. The van der Waals surface area contributed by atoms with Crippen LogP contribution in [0.4, 0.5) is 16.2 Å². The molecule has 0 saturated heterocycles. The Morgan fingerprint density at radius 3 is 2.13 bits per heavy atom. The molecule has 6 nitrogen and oxygen atoms in total. The Balaban J connectivity index is 2.35. The van der Waals surface area contributed by atoms with E-state index < -0.39 is 5.41 Å². The molecule has 0 aromatic heterocycles. The summed E-state index contributed by atoms with van der Waals surface area (Å²) >= 11 is 0. The predicted octanol–water partition coefficient (Wildman–Crippen LogP) is 5.38. The second-order valence-corrected chi connectivity index (χ2v) is 11.0. The quantitative estimate of drug-likeness (QED) is 0.659. The minimum atomic E-state index is -0.432. The molecular weight excluding hydrogens is 388 g/mol. The number of nitrogens with one attached hydrogen (secondary N) is 2. The van der Waals surface area contributed by atoms with Gasteiger partial charge in [-0.25, -0.2) is 4.79 Å². The summed E-state index contributed by atoms with van der Waals surface area (Å²) in [5.74, 6) is 0.188. The molecule has 0 unspecified atom stereocenters. The van der Waals surface area contributed by atoms with Crippen LogP contribution in [0.1, 0.15) is 79.2 Å². The Kier molecular flexibility index (Phi) is 8.01. The van der Waals surface area contributed by atoms with Crippen molar-refractivity contribution in [2.24, 2.45) is 5.41 Å². The van der Waals surface area contributed by atoms with E-state index in [2.05, 4.69) is 20.4 Å². The largest absolute Gasteiger partial charge is 0.377 e. The molecule has 3 amide bonds. The molecule has 0 heterocycles. The van der Waals surface area contributed by atoms with E-state index in [1.807, 2.05) is 73.8 Å². The van der Waals surface area contributed by atoms with Gasteiger partial charge in [0, 0.05) is 49.0 Å². The minimum absolute atomic E-state index is 0.188. The second kappa shape index (κ2) is 9.92. The Morgan fingerprint density at radius 2 is 1.61 bits per heavy atom. The Labute approximate surface area is 188 Å². The zero-order chi connectivity index (χ0) is 23.4. The third-order valence-electron chi connectivity index (χ3n) is 5.57. The van der Waals surface area contributed by atoms with Crippen LogP contribution in [-0.4, -0.2) is 42.5 Å². The number of carbonyl (C=O) groups excluding carboxylic acids is 2. The third-order valence-corrected chi connectivity index (χ3v) is 5.57. The number of rotatable bonds is 5. The smallest absolute Gasteiger partial charge is 0.319 e. The molecule has 0 atom stereocenters. The molecule has 1 aromatic rings. The Bertz CT molecular complexity index is 769. The van der Waals surface area contributed by atoms with Crippen molar-refractivity contribution in [3.8, 4) is 0 Å². The van der Waals surface area contributed by atoms with Gasteiger partial charge in [0.1, 0.15) is 0 Å². The van der Waals surface area contributed by atoms with E-state index in [1.54, 1.807) is 0 Å². The average molecular weight is 431 g/mol. The molecule has 1 aliphatic carbocycles. The number of amides is 3. The van der Waals surface area contributed by atoms with Crippen molar-refractivity contribution >= 4 is 23.3 Å². The van der Waals surface area contributed by atoms with Crippen molar-refractivity contribution in [3.63, 3.8) is 0 Å². The van der Waals surface area contributed by atoms with Crippen LogP contribution in [0.3, 0.4) is 0 Å². The van der Waals surface area contributed by atoms with Gasteiger partial charge in [-0.15, -0.1) is 0 Å². The van der Waals surface area contributed by atoms with E-state index in [9.17, 15) is 9.59 Å². The van der Waals surface area contributed by atoms with Crippen LogP contribution in [0.2, 0.25) is 0 Å². The zero-order valence-corrected chi connectivity index (χ0v) is 20.8. The molecule has 0 radical (unpaired) electrons. The first-order valence-electron chi connectivity index (χ1n) is 11.5. The molecule has 6 heteroatoms. The van der Waals surface area contributed by atoms with Gasteiger partial charge >= 0.3 is 6.03 Å². The maximum atomic E-state index is 13.4. The van der Waals surface area contributed by atoms with Gasteiger partial charge in [-0.1, -0.05) is 40.0 Å². The van der Waals surface area contributed by atoms with E-state index >= 15 is 0 Å². The molecular formula is C25H42N4O2. The summed E-state index contributed by atoms with van der Waals surface area (Å²) in [6, 6.07) is 5.98. The highest BCUT2D eigenvalue weighted by Crippen LogP contribution is 2.31. The van der Waals surface area contributed by atoms with Gasteiger partial charge < -0.3 is 20.4 Å². The highest BCUT2D eigenvalue weighted by molar-refractivity contribution is 5.90. The van der Waals surface area contributed by atoms with E-state index in [0.29, 0.717) is 6.54 Å². The van der Waals surface area contributed by atoms with Crippen LogP contribution in [-0.2, 0) is 11.3 Å². The van der Waals surface area contributed by atoms with Gasteiger partial charge in [0.15, 0.2) is 0 Å². The summed E-state index contributed by atoms with van der Waals surface area (Å²) in [4.78, 5) is 29.9. The average Bonchev–Trinajstić information content (AvgIpc) is 2.64. The number of benzene rings is 1. The molecule has 0 spiro atoms. The van der Waals surface area contributed by atoms with Crippen LogP contribution in [0.15, 0.2) is 18.2 Å². The molecule has 0 aliphatic heterocycles. The van der Waals surface area contributed by atoms with Crippen molar-refractivity contribution in [1.29, 1.82) is 0 Å². The zero-order valence-electron chi connectivity index (χ0n) is 20.8. The number of hydrogen-bond acceptors (Lipinski definition) is 3. The molecule has 1 aromatic carbocycles. The fraction of sp³-hybridized carbons (Fsp3) is 0.680. The lowest BCUT2D eigenvalue weighted by atomic mass is 9.89. The first-order chi connectivity index (χ1) is 14.3. The number of anilines is 2. The maximum absolute atomic E-state index is 13.4. The highest BCUT2D eigenvalue weighted by atomic mass is 16.2. The van der Waals surface area contributed by atoms with E-state index in [4.69, 9.17) is 0 Å². The molecule has 2 rings (SSSR count). The molecule has 2 N–H and O–H groups in total. The van der Waals surface area contributed by atoms with E-state index in [-0.39, 0.29) is 23.5 Å². The van der Waals surface area contributed by atoms with Crippen molar-refractivity contribution in [2.75, 3.05) is 24.3 Å². The minimum Gasteiger partial charge on any atom is -0.377 e. The molecule has 1 aliphatic rings. The fourth-order valence-corrected chi connectivity index (χ4v) is 4.10. The number of hydrogen-bond donors (Lipinski definition) is 2. The summed E-state index contributed by atoms with van der Waals surface area (Å²) in [6.07, 6.45) is 5.72.